The van der Waals surface area contributed by atoms with Gasteiger partial charge in [-0.25, -0.2) is 4.68 Å². The van der Waals surface area contributed by atoms with Crippen molar-refractivity contribution in [3.05, 3.63) is 46.7 Å². The average Bonchev–Trinajstić information content (AvgIpc) is 2.89. The lowest BCUT2D eigenvalue weighted by Crippen LogP contribution is -2.50. The van der Waals surface area contributed by atoms with Gasteiger partial charge in [-0.15, -0.1) is 0 Å². The molecular weight excluding hydrogens is 328 g/mol. The summed E-state index contributed by atoms with van der Waals surface area (Å²) in [6.45, 7) is 5.43. The molecule has 0 radical (unpaired) electrons. The molecule has 1 fully saturated rings. The fourth-order valence-electron chi connectivity index (χ4n) is 2.86. The summed E-state index contributed by atoms with van der Waals surface area (Å²) in [5.74, 6) is -0.101. The molecule has 1 aromatic heterocycles. The van der Waals surface area contributed by atoms with Crippen molar-refractivity contribution in [2.24, 2.45) is 0 Å². The van der Waals surface area contributed by atoms with Crippen LogP contribution in [0.4, 0.5) is 0 Å². The molecule has 0 atom stereocenters. The Morgan fingerprint density at radius 1 is 1.04 bits per heavy atom. The van der Waals surface area contributed by atoms with Gasteiger partial charge in [0, 0.05) is 33.1 Å². The van der Waals surface area contributed by atoms with Gasteiger partial charge in [0.25, 0.3) is 5.91 Å². The molecule has 0 saturated carbocycles. The summed E-state index contributed by atoms with van der Waals surface area (Å²) in [5.41, 5.74) is 1.84. The molecule has 3 rings (SSSR count). The molecule has 0 N–H and O–H groups in total. The zero-order valence-corrected chi connectivity index (χ0v) is 14.5. The van der Waals surface area contributed by atoms with Crippen LogP contribution in [0.15, 0.2) is 30.3 Å². The number of aryl methyl sites for hydroxylation is 1. The molecule has 1 saturated heterocycles. The highest BCUT2D eigenvalue weighted by atomic mass is 35.5. The number of benzene rings is 1. The van der Waals surface area contributed by atoms with Crippen LogP contribution in [-0.2, 0) is 4.79 Å². The summed E-state index contributed by atoms with van der Waals surface area (Å²) in [4.78, 5) is 27.7. The Kier molecular flexibility index (Phi) is 4.57. The molecule has 0 aliphatic carbocycles. The number of aromatic nitrogens is 2. The van der Waals surface area contributed by atoms with Gasteiger partial charge in [0.2, 0.25) is 5.91 Å². The maximum atomic E-state index is 12.8. The van der Waals surface area contributed by atoms with Crippen molar-refractivity contribution in [1.82, 2.24) is 19.6 Å². The number of hydrogen-bond acceptors (Lipinski definition) is 3. The Labute approximate surface area is 145 Å². The highest BCUT2D eigenvalue weighted by Gasteiger charge is 2.28. The number of amides is 2. The van der Waals surface area contributed by atoms with Gasteiger partial charge >= 0.3 is 0 Å². The summed E-state index contributed by atoms with van der Waals surface area (Å²) in [6.07, 6.45) is 0. The summed E-state index contributed by atoms with van der Waals surface area (Å²) in [7, 11) is 0. The highest BCUT2D eigenvalue weighted by molar-refractivity contribution is 6.33. The molecule has 2 amide bonds. The van der Waals surface area contributed by atoms with Crippen molar-refractivity contribution >= 4 is 23.4 Å². The molecule has 0 bridgehead atoms. The first-order valence-corrected chi connectivity index (χ1v) is 8.22. The van der Waals surface area contributed by atoms with Gasteiger partial charge < -0.3 is 9.80 Å². The predicted octanol–water partition coefficient (Wildman–Crippen LogP) is 2.14. The molecule has 126 valence electrons. The van der Waals surface area contributed by atoms with Crippen LogP contribution in [0, 0.1) is 6.92 Å². The Morgan fingerprint density at radius 3 is 2.21 bits per heavy atom. The molecule has 2 aromatic rings. The number of rotatable bonds is 2. The van der Waals surface area contributed by atoms with Crippen LogP contribution < -0.4 is 0 Å². The maximum absolute atomic E-state index is 12.8. The van der Waals surface area contributed by atoms with Gasteiger partial charge in [-0.2, -0.15) is 5.10 Å². The van der Waals surface area contributed by atoms with E-state index < -0.39 is 0 Å². The van der Waals surface area contributed by atoms with Gasteiger partial charge in [-0.3, -0.25) is 9.59 Å². The van der Waals surface area contributed by atoms with E-state index in [0.717, 1.165) is 5.69 Å². The van der Waals surface area contributed by atoms with Gasteiger partial charge in [-0.05, 0) is 19.1 Å². The van der Waals surface area contributed by atoms with Crippen LogP contribution in [0.5, 0.6) is 0 Å². The smallest absolute Gasteiger partial charge is 0.259 e. The van der Waals surface area contributed by atoms with Gasteiger partial charge in [0.05, 0.1) is 16.9 Å². The van der Waals surface area contributed by atoms with Crippen LogP contribution >= 0.6 is 11.6 Å². The number of halogens is 1. The molecule has 24 heavy (non-hydrogen) atoms. The highest BCUT2D eigenvalue weighted by Crippen LogP contribution is 2.25. The number of piperazine rings is 1. The molecule has 1 aliphatic heterocycles. The topological polar surface area (TPSA) is 58.4 Å². The first-order valence-electron chi connectivity index (χ1n) is 7.84. The largest absolute Gasteiger partial charge is 0.339 e. The van der Waals surface area contributed by atoms with Crippen molar-refractivity contribution in [3.8, 4) is 5.69 Å². The van der Waals surface area contributed by atoms with E-state index in [0.29, 0.717) is 42.6 Å². The molecule has 2 heterocycles. The number of carbonyl (C=O) groups excluding carboxylic acids is 2. The van der Waals surface area contributed by atoms with Gasteiger partial charge in [0.1, 0.15) is 5.15 Å². The number of para-hydroxylation sites is 1. The minimum atomic E-state index is -0.136. The summed E-state index contributed by atoms with van der Waals surface area (Å²) in [5, 5.41) is 4.73. The molecule has 1 aliphatic rings. The average molecular weight is 347 g/mol. The SMILES string of the molecule is CC(=O)N1CCN(C(=O)c2c(C)nn(-c3ccccc3)c2Cl)CC1. The Bertz CT molecular complexity index is 764. The second-order valence-corrected chi connectivity index (χ2v) is 6.15. The fourth-order valence-corrected chi connectivity index (χ4v) is 3.22. The normalized spacial score (nSPS) is 14.8. The Hall–Kier alpha value is -2.34. The van der Waals surface area contributed by atoms with Crippen LogP contribution in [0.1, 0.15) is 23.0 Å². The van der Waals surface area contributed by atoms with Crippen LogP contribution in [0.3, 0.4) is 0 Å². The maximum Gasteiger partial charge on any atom is 0.259 e. The first-order chi connectivity index (χ1) is 11.5. The number of hydrogen-bond donors (Lipinski definition) is 0. The van der Waals surface area contributed by atoms with E-state index in [9.17, 15) is 9.59 Å². The van der Waals surface area contributed by atoms with E-state index in [1.54, 1.807) is 28.3 Å². The van der Waals surface area contributed by atoms with Crippen LogP contribution in [0.25, 0.3) is 5.69 Å². The van der Waals surface area contributed by atoms with Crippen molar-refractivity contribution in [2.45, 2.75) is 13.8 Å². The minimum absolute atomic E-state index is 0.0354. The van der Waals surface area contributed by atoms with E-state index in [-0.39, 0.29) is 11.8 Å². The molecule has 0 spiro atoms. The molecular formula is C17H19ClN4O2. The lowest BCUT2D eigenvalue weighted by molar-refractivity contribution is -0.130. The lowest BCUT2D eigenvalue weighted by atomic mass is 10.2. The Morgan fingerprint density at radius 2 is 1.62 bits per heavy atom. The van der Waals surface area contributed by atoms with Crippen molar-refractivity contribution in [3.63, 3.8) is 0 Å². The lowest BCUT2D eigenvalue weighted by Gasteiger charge is -2.34. The quantitative estimate of drug-likeness (QED) is 0.837. The fraction of sp³-hybridized carbons (Fsp3) is 0.353. The van der Waals surface area contributed by atoms with E-state index >= 15 is 0 Å². The third kappa shape index (κ3) is 3.01. The zero-order chi connectivity index (χ0) is 17.3. The third-order valence-electron chi connectivity index (χ3n) is 4.23. The molecule has 0 unspecified atom stereocenters. The van der Waals surface area contributed by atoms with E-state index in [1.165, 1.54) is 0 Å². The monoisotopic (exact) mass is 346 g/mol. The van der Waals surface area contributed by atoms with Crippen LogP contribution in [0.2, 0.25) is 5.15 Å². The van der Waals surface area contributed by atoms with Crippen molar-refractivity contribution in [1.29, 1.82) is 0 Å². The van der Waals surface area contributed by atoms with Crippen molar-refractivity contribution in [2.75, 3.05) is 26.2 Å². The summed E-state index contributed by atoms with van der Waals surface area (Å²) >= 11 is 6.45. The Balaban J connectivity index is 1.84. The third-order valence-corrected chi connectivity index (χ3v) is 4.58. The molecule has 1 aromatic carbocycles. The van der Waals surface area contributed by atoms with E-state index in [1.807, 2.05) is 30.3 Å². The second-order valence-electron chi connectivity index (χ2n) is 5.80. The van der Waals surface area contributed by atoms with E-state index in [2.05, 4.69) is 5.10 Å². The number of nitrogens with zero attached hydrogens (tertiary/aromatic N) is 4. The van der Waals surface area contributed by atoms with Gasteiger partial charge in [0.15, 0.2) is 0 Å². The van der Waals surface area contributed by atoms with E-state index in [4.69, 9.17) is 11.6 Å². The molecule has 6 nitrogen and oxygen atoms in total. The summed E-state index contributed by atoms with van der Waals surface area (Å²) in [6, 6.07) is 9.47. The molecule has 7 heteroatoms. The second kappa shape index (κ2) is 6.65. The standard InChI is InChI=1S/C17H19ClN4O2/c1-12-15(16(18)22(19-12)14-6-4-3-5-7-14)17(24)21-10-8-20(9-11-21)13(2)23/h3-7H,8-11H2,1-2H3. The number of carbonyl (C=O) groups is 2. The van der Waals surface area contributed by atoms with Gasteiger partial charge in [-0.1, -0.05) is 29.8 Å². The first kappa shape index (κ1) is 16.5. The van der Waals surface area contributed by atoms with Crippen LogP contribution in [-0.4, -0.2) is 57.6 Å². The minimum Gasteiger partial charge on any atom is -0.339 e. The zero-order valence-electron chi connectivity index (χ0n) is 13.7. The van der Waals surface area contributed by atoms with Crippen molar-refractivity contribution < 1.29 is 9.59 Å². The summed E-state index contributed by atoms with van der Waals surface area (Å²) < 4.78 is 1.58. The predicted molar refractivity (Wildman–Crippen MR) is 91.5 cm³/mol.